The van der Waals surface area contributed by atoms with E-state index in [4.69, 9.17) is 9.47 Å². The number of urea groups is 1. The molecule has 0 atom stereocenters. The van der Waals surface area contributed by atoms with Crippen molar-refractivity contribution >= 4 is 11.7 Å². The number of benzene rings is 1. The van der Waals surface area contributed by atoms with Crippen LogP contribution < -0.4 is 10.6 Å². The number of nitrogens with one attached hydrogen (secondary N) is 2. The number of hydrogen-bond donors (Lipinski definition) is 2. The Morgan fingerprint density at radius 1 is 1.11 bits per heavy atom. The average molecular weight is 266 g/mol. The number of methoxy groups -OCH3 is 2. The standard InChI is InChI=1S/C14H22N2O3/c1-9-6-11(3)12(7-10(9)2)16-14(17)15-8-13(18-4)19-5/h6-7,13H,8H2,1-5H3,(H2,15,16,17). The fourth-order valence-electron chi connectivity index (χ4n) is 1.70. The molecule has 2 amide bonds. The number of aryl methyl sites for hydroxylation is 3. The van der Waals surface area contributed by atoms with E-state index in [0.717, 1.165) is 16.8 Å². The Balaban J connectivity index is 2.60. The molecular formula is C14H22N2O3. The molecule has 0 spiro atoms. The van der Waals surface area contributed by atoms with Gasteiger partial charge in [0.05, 0.1) is 6.54 Å². The minimum absolute atomic E-state index is 0.273. The van der Waals surface area contributed by atoms with Gasteiger partial charge < -0.3 is 20.1 Å². The van der Waals surface area contributed by atoms with E-state index in [0.29, 0.717) is 6.54 Å². The van der Waals surface area contributed by atoms with Gasteiger partial charge >= 0.3 is 6.03 Å². The minimum atomic E-state index is -0.438. The van der Waals surface area contributed by atoms with Crippen molar-refractivity contribution in [2.75, 3.05) is 26.1 Å². The smallest absolute Gasteiger partial charge is 0.319 e. The van der Waals surface area contributed by atoms with Gasteiger partial charge in [0.15, 0.2) is 6.29 Å². The number of ether oxygens (including phenoxy) is 2. The molecule has 0 fully saturated rings. The first-order valence-corrected chi connectivity index (χ1v) is 6.16. The third-order valence-electron chi connectivity index (χ3n) is 3.04. The van der Waals surface area contributed by atoms with Crippen LogP contribution in [-0.4, -0.2) is 33.1 Å². The molecule has 1 rings (SSSR count). The molecule has 0 saturated heterocycles. The van der Waals surface area contributed by atoms with Gasteiger partial charge in [0.1, 0.15) is 0 Å². The summed E-state index contributed by atoms with van der Waals surface area (Å²) >= 11 is 0. The Labute approximate surface area is 114 Å². The van der Waals surface area contributed by atoms with Gasteiger partial charge in [0.2, 0.25) is 0 Å². The average Bonchev–Trinajstić information content (AvgIpc) is 2.37. The van der Waals surface area contributed by atoms with Crippen molar-refractivity contribution in [1.29, 1.82) is 0 Å². The summed E-state index contributed by atoms with van der Waals surface area (Å²) in [5.41, 5.74) is 4.20. The van der Waals surface area contributed by atoms with Crippen molar-refractivity contribution in [2.24, 2.45) is 0 Å². The van der Waals surface area contributed by atoms with Crippen LogP contribution in [0.5, 0.6) is 0 Å². The monoisotopic (exact) mass is 266 g/mol. The van der Waals surface area contributed by atoms with Crippen molar-refractivity contribution in [3.63, 3.8) is 0 Å². The van der Waals surface area contributed by atoms with Crippen LogP contribution in [0.4, 0.5) is 10.5 Å². The maximum Gasteiger partial charge on any atom is 0.319 e. The molecule has 0 bridgehead atoms. The molecule has 0 heterocycles. The summed E-state index contributed by atoms with van der Waals surface area (Å²) in [4.78, 5) is 11.8. The molecule has 1 aromatic rings. The second-order valence-corrected chi connectivity index (χ2v) is 4.49. The Morgan fingerprint density at radius 2 is 1.68 bits per heavy atom. The van der Waals surface area contributed by atoms with Crippen LogP contribution in [-0.2, 0) is 9.47 Å². The van der Waals surface area contributed by atoms with E-state index in [1.165, 1.54) is 19.8 Å². The number of carbonyl (C=O) groups is 1. The van der Waals surface area contributed by atoms with E-state index in [-0.39, 0.29) is 6.03 Å². The lowest BCUT2D eigenvalue weighted by Crippen LogP contribution is -2.37. The largest absolute Gasteiger partial charge is 0.354 e. The summed E-state index contributed by atoms with van der Waals surface area (Å²) in [6, 6.07) is 3.75. The van der Waals surface area contributed by atoms with Crippen molar-refractivity contribution in [3.05, 3.63) is 28.8 Å². The molecule has 0 aliphatic carbocycles. The maximum absolute atomic E-state index is 11.8. The third-order valence-corrected chi connectivity index (χ3v) is 3.04. The molecule has 2 N–H and O–H groups in total. The highest BCUT2D eigenvalue weighted by Crippen LogP contribution is 2.19. The van der Waals surface area contributed by atoms with Gasteiger partial charge in [-0.1, -0.05) is 6.07 Å². The van der Waals surface area contributed by atoms with Crippen molar-refractivity contribution in [2.45, 2.75) is 27.1 Å². The van der Waals surface area contributed by atoms with Gasteiger partial charge in [0, 0.05) is 19.9 Å². The molecule has 106 valence electrons. The summed E-state index contributed by atoms with van der Waals surface area (Å²) in [7, 11) is 3.06. The molecule has 19 heavy (non-hydrogen) atoms. The number of rotatable bonds is 5. The second-order valence-electron chi connectivity index (χ2n) is 4.49. The van der Waals surface area contributed by atoms with Crippen molar-refractivity contribution < 1.29 is 14.3 Å². The topological polar surface area (TPSA) is 59.6 Å². The van der Waals surface area contributed by atoms with Crippen LogP contribution in [0.1, 0.15) is 16.7 Å². The Bertz CT molecular complexity index is 443. The van der Waals surface area contributed by atoms with Crippen LogP contribution in [0, 0.1) is 20.8 Å². The fraction of sp³-hybridized carbons (Fsp3) is 0.500. The lowest BCUT2D eigenvalue weighted by Gasteiger charge is -2.15. The Kier molecular flexibility index (Phi) is 5.79. The van der Waals surface area contributed by atoms with E-state index < -0.39 is 6.29 Å². The maximum atomic E-state index is 11.8. The molecule has 0 radical (unpaired) electrons. The van der Waals surface area contributed by atoms with E-state index >= 15 is 0 Å². The van der Waals surface area contributed by atoms with E-state index in [2.05, 4.69) is 16.7 Å². The van der Waals surface area contributed by atoms with E-state index in [1.807, 2.05) is 26.8 Å². The third kappa shape index (κ3) is 4.54. The molecule has 1 aromatic carbocycles. The fourth-order valence-corrected chi connectivity index (χ4v) is 1.70. The van der Waals surface area contributed by atoms with Crippen molar-refractivity contribution in [3.8, 4) is 0 Å². The van der Waals surface area contributed by atoms with Gasteiger partial charge in [-0.05, 0) is 43.5 Å². The summed E-state index contributed by atoms with van der Waals surface area (Å²) in [5.74, 6) is 0. The molecule has 5 nitrogen and oxygen atoms in total. The first-order valence-electron chi connectivity index (χ1n) is 6.16. The molecule has 0 aliphatic rings. The molecule has 5 heteroatoms. The Morgan fingerprint density at radius 3 is 2.26 bits per heavy atom. The van der Waals surface area contributed by atoms with Gasteiger partial charge in [-0.25, -0.2) is 4.79 Å². The van der Waals surface area contributed by atoms with Crippen molar-refractivity contribution in [1.82, 2.24) is 5.32 Å². The van der Waals surface area contributed by atoms with Crippen LogP contribution in [0.2, 0.25) is 0 Å². The molecule has 0 aromatic heterocycles. The van der Waals surface area contributed by atoms with Crippen LogP contribution in [0.15, 0.2) is 12.1 Å². The SMILES string of the molecule is COC(CNC(=O)Nc1cc(C)c(C)cc1C)OC. The predicted octanol–water partition coefficient (Wildman–Crippen LogP) is 2.35. The number of carbonyl (C=O) groups excluding carboxylic acids is 1. The first-order chi connectivity index (χ1) is 8.97. The van der Waals surface area contributed by atoms with Gasteiger partial charge in [0.25, 0.3) is 0 Å². The highest BCUT2D eigenvalue weighted by molar-refractivity contribution is 5.90. The normalized spacial score (nSPS) is 10.6. The number of hydrogen-bond acceptors (Lipinski definition) is 3. The van der Waals surface area contributed by atoms with Crippen LogP contribution >= 0.6 is 0 Å². The zero-order chi connectivity index (χ0) is 14.4. The number of amides is 2. The highest BCUT2D eigenvalue weighted by atomic mass is 16.7. The van der Waals surface area contributed by atoms with Crippen LogP contribution in [0.3, 0.4) is 0 Å². The minimum Gasteiger partial charge on any atom is -0.354 e. The molecule has 0 saturated carbocycles. The summed E-state index contributed by atoms with van der Waals surface area (Å²) in [5, 5.41) is 5.51. The molecule has 0 unspecified atom stereocenters. The summed E-state index contributed by atoms with van der Waals surface area (Å²) in [6.45, 7) is 6.33. The predicted molar refractivity (Wildman–Crippen MR) is 75.5 cm³/mol. The molecule has 0 aliphatic heterocycles. The molecular weight excluding hydrogens is 244 g/mol. The lowest BCUT2D eigenvalue weighted by molar-refractivity contribution is -0.0970. The quantitative estimate of drug-likeness (QED) is 0.804. The van der Waals surface area contributed by atoms with Gasteiger partial charge in [-0.2, -0.15) is 0 Å². The van der Waals surface area contributed by atoms with Gasteiger partial charge in [-0.15, -0.1) is 0 Å². The first kappa shape index (κ1) is 15.5. The Hall–Kier alpha value is -1.59. The van der Waals surface area contributed by atoms with E-state index in [1.54, 1.807) is 0 Å². The lowest BCUT2D eigenvalue weighted by atomic mass is 10.1. The zero-order valence-electron chi connectivity index (χ0n) is 12.2. The number of anilines is 1. The summed E-state index contributed by atoms with van der Waals surface area (Å²) in [6.07, 6.45) is -0.438. The van der Waals surface area contributed by atoms with E-state index in [9.17, 15) is 4.79 Å². The zero-order valence-corrected chi connectivity index (χ0v) is 12.2. The van der Waals surface area contributed by atoms with Crippen LogP contribution in [0.25, 0.3) is 0 Å². The second kappa shape index (κ2) is 7.11. The van der Waals surface area contributed by atoms with Gasteiger partial charge in [-0.3, -0.25) is 0 Å². The highest BCUT2D eigenvalue weighted by Gasteiger charge is 2.09. The summed E-state index contributed by atoms with van der Waals surface area (Å²) < 4.78 is 9.99.